The van der Waals surface area contributed by atoms with Gasteiger partial charge in [0.2, 0.25) is 0 Å². The van der Waals surface area contributed by atoms with Crippen LogP contribution in [0.25, 0.3) is 0 Å². The first kappa shape index (κ1) is 12.2. The molecule has 1 heterocycles. The summed E-state index contributed by atoms with van der Waals surface area (Å²) in [7, 11) is 0. The number of hydrogen-bond acceptors (Lipinski definition) is 2. The van der Waals surface area contributed by atoms with Crippen molar-refractivity contribution in [3.63, 3.8) is 0 Å². The van der Waals surface area contributed by atoms with Crippen molar-refractivity contribution in [3.8, 4) is 0 Å². The van der Waals surface area contributed by atoms with Crippen LogP contribution in [0.2, 0.25) is 0 Å². The van der Waals surface area contributed by atoms with Crippen molar-refractivity contribution in [2.75, 3.05) is 13.1 Å². The molecule has 1 N–H and O–H groups in total. The molecule has 1 aliphatic heterocycles. The standard InChI is InChI=1S/C4H8N2.2C2H6/c1-4-5-2-3-6-4;2*1-2/h2-3H2,1H3,(H,5,6);2*1-2H3. The first-order valence-electron chi connectivity index (χ1n) is 4.14. The van der Waals surface area contributed by atoms with Gasteiger partial charge in [0.15, 0.2) is 0 Å². The molecule has 2 heteroatoms. The van der Waals surface area contributed by atoms with E-state index in [0.717, 1.165) is 18.9 Å². The number of nitrogens with zero attached hydrogens (tertiary/aromatic N) is 1. The van der Waals surface area contributed by atoms with E-state index in [9.17, 15) is 0 Å². The molecule has 0 aromatic rings. The van der Waals surface area contributed by atoms with Crippen LogP contribution in [0.5, 0.6) is 0 Å². The van der Waals surface area contributed by atoms with Crippen molar-refractivity contribution in [2.45, 2.75) is 34.6 Å². The third-order valence-corrected chi connectivity index (χ3v) is 0.842. The summed E-state index contributed by atoms with van der Waals surface area (Å²) < 4.78 is 0. The van der Waals surface area contributed by atoms with Crippen molar-refractivity contribution in [3.05, 3.63) is 0 Å². The average molecular weight is 144 g/mol. The molecule has 0 spiro atoms. The predicted molar refractivity (Wildman–Crippen MR) is 48.7 cm³/mol. The number of amidine groups is 1. The highest BCUT2D eigenvalue weighted by Crippen LogP contribution is 1.79. The van der Waals surface area contributed by atoms with Gasteiger partial charge in [0.1, 0.15) is 0 Å². The SMILES string of the molecule is CC.CC.CC1=NCCN1. The number of hydrogen-bond donors (Lipinski definition) is 1. The smallest absolute Gasteiger partial charge is 0.0933 e. The van der Waals surface area contributed by atoms with E-state index in [2.05, 4.69) is 10.3 Å². The lowest BCUT2D eigenvalue weighted by Crippen LogP contribution is -2.13. The van der Waals surface area contributed by atoms with Gasteiger partial charge in [-0.3, -0.25) is 4.99 Å². The van der Waals surface area contributed by atoms with Crippen molar-refractivity contribution in [1.29, 1.82) is 0 Å². The predicted octanol–water partition coefficient (Wildman–Crippen LogP) is 2.06. The van der Waals surface area contributed by atoms with E-state index in [0.29, 0.717) is 0 Å². The molecule has 0 saturated heterocycles. The molecule has 0 aromatic carbocycles. The molecule has 2 nitrogen and oxygen atoms in total. The molecule has 0 aromatic heterocycles. The van der Waals surface area contributed by atoms with Gasteiger partial charge in [-0.2, -0.15) is 0 Å². The molecular formula is C8H20N2. The fourth-order valence-electron chi connectivity index (χ4n) is 0.516. The normalized spacial score (nSPS) is 13.1. The van der Waals surface area contributed by atoms with E-state index < -0.39 is 0 Å². The first-order valence-corrected chi connectivity index (χ1v) is 4.14. The van der Waals surface area contributed by atoms with Gasteiger partial charge in [-0.1, -0.05) is 27.7 Å². The molecule has 62 valence electrons. The lowest BCUT2D eigenvalue weighted by atomic mass is 10.7. The van der Waals surface area contributed by atoms with Crippen molar-refractivity contribution in [2.24, 2.45) is 4.99 Å². The Hall–Kier alpha value is -0.530. The van der Waals surface area contributed by atoms with E-state index >= 15 is 0 Å². The zero-order valence-corrected chi connectivity index (χ0v) is 7.86. The van der Waals surface area contributed by atoms with Crippen molar-refractivity contribution >= 4 is 5.84 Å². The number of rotatable bonds is 0. The van der Waals surface area contributed by atoms with Crippen LogP contribution in [-0.2, 0) is 0 Å². The second-order valence-corrected chi connectivity index (χ2v) is 1.39. The first-order chi connectivity index (χ1) is 4.89. The monoisotopic (exact) mass is 144 g/mol. The summed E-state index contributed by atoms with van der Waals surface area (Å²) in [5, 5.41) is 3.07. The molecule has 1 aliphatic rings. The van der Waals surface area contributed by atoms with Gasteiger partial charge >= 0.3 is 0 Å². The Balaban J connectivity index is 0. The Labute approximate surface area is 64.7 Å². The third-order valence-electron chi connectivity index (χ3n) is 0.842. The molecule has 0 atom stereocenters. The van der Waals surface area contributed by atoms with Gasteiger partial charge in [-0.15, -0.1) is 0 Å². The summed E-state index contributed by atoms with van der Waals surface area (Å²) in [5.74, 6) is 1.08. The van der Waals surface area contributed by atoms with Gasteiger partial charge in [0.05, 0.1) is 12.4 Å². The van der Waals surface area contributed by atoms with Crippen LogP contribution < -0.4 is 5.32 Å². The summed E-state index contributed by atoms with van der Waals surface area (Å²) >= 11 is 0. The van der Waals surface area contributed by atoms with Gasteiger partial charge in [-0.05, 0) is 6.92 Å². The van der Waals surface area contributed by atoms with Gasteiger partial charge in [0.25, 0.3) is 0 Å². The van der Waals surface area contributed by atoms with E-state index in [1.807, 2.05) is 34.6 Å². The Bertz CT molecular complexity index is 77.3. The average Bonchev–Trinajstić information content (AvgIpc) is 2.48. The molecule has 1 rings (SSSR count). The summed E-state index contributed by atoms with van der Waals surface area (Å²) in [6.45, 7) is 12.0. The van der Waals surface area contributed by atoms with Crippen molar-refractivity contribution < 1.29 is 0 Å². The molecule has 0 radical (unpaired) electrons. The van der Waals surface area contributed by atoms with Gasteiger partial charge in [0, 0.05) is 6.54 Å². The molecule has 0 bridgehead atoms. The van der Waals surface area contributed by atoms with Gasteiger partial charge in [-0.25, -0.2) is 0 Å². The minimum atomic E-state index is 0.964. The number of nitrogens with one attached hydrogen (secondary N) is 1. The lowest BCUT2D eigenvalue weighted by molar-refractivity contribution is 0.958. The van der Waals surface area contributed by atoms with Crippen LogP contribution in [0.4, 0.5) is 0 Å². The highest BCUT2D eigenvalue weighted by molar-refractivity contribution is 5.80. The number of aliphatic imine (C=N–C) groups is 1. The fourth-order valence-corrected chi connectivity index (χ4v) is 0.516. The van der Waals surface area contributed by atoms with Gasteiger partial charge < -0.3 is 5.32 Å². The van der Waals surface area contributed by atoms with Crippen LogP contribution in [0.3, 0.4) is 0 Å². The second kappa shape index (κ2) is 11.3. The van der Waals surface area contributed by atoms with Crippen LogP contribution in [0, 0.1) is 0 Å². The minimum Gasteiger partial charge on any atom is -0.372 e. The van der Waals surface area contributed by atoms with E-state index in [4.69, 9.17) is 0 Å². The second-order valence-electron chi connectivity index (χ2n) is 1.39. The molecule has 0 amide bonds. The largest absolute Gasteiger partial charge is 0.372 e. The fraction of sp³-hybridized carbons (Fsp3) is 0.875. The Kier molecular flexibility index (Phi) is 13.7. The highest BCUT2D eigenvalue weighted by atomic mass is 15.0. The molecule has 0 unspecified atom stereocenters. The summed E-state index contributed by atoms with van der Waals surface area (Å²) in [5.41, 5.74) is 0. The topological polar surface area (TPSA) is 24.4 Å². The molecule has 0 saturated carbocycles. The summed E-state index contributed by atoms with van der Waals surface area (Å²) in [4.78, 5) is 4.04. The maximum absolute atomic E-state index is 4.04. The van der Waals surface area contributed by atoms with Crippen LogP contribution >= 0.6 is 0 Å². The quantitative estimate of drug-likeness (QED) is 0.553. The van der Waals surface area contributed by atoms with Crippen LogP contribution in [0.15, 0.2) is 4.99 Å². The Morgan fingerprint density at radius 1 is 1.20 bits per heavy atom. The Morgan fingerprint density at radius 2 is 1.70 bits per heavy atom. The van der Waals surface area contributed by atoms with Crippen LogP contribution in [-0.4, -0.2) is 18.9 Å². The molecule has 0 aliphatic carbocycles. The maximum atomic E-state index is 4.04. The zero-order valence-electron chi connectivity index (χ0n) is 7.86. The lowest BCUT2D eigenvalue weighted by Gasteiger charge is -1.85. The van der Waals surface area contributed by atoms with E-state index in [1.165, 1.54) is 0 Å². The Morgan fingerprint density at radius 3 is 1.80 bits per heavy atom. The molecular weight excluding hydrogens is 124 g/mol. The molecule has 10 heavy (non-hydrogen) atoms. The highest BCUT2D eigenvalue weighted by Gasteiger charge is 1.93. The third kappa shape index (κ3) is 7.47. The molecule has 0 fully saturated rings. The minimum absolute atomic E-state index is 0.964. The summed E-state index contributed by atoms with van der Waals surface area (Å²) in [6.07, 6.45) is 0. The van der Waals surface area contributed by atoms with E-state index in [-0.39, 0.29) is 0 Å². The van der Waals surface area contributed by atoms with E-state index in [1.54, 1.807) is 0 Å². The zero-order chi connectivity index (χ0) is 8.41. The van der Waals surface area contributed by atoms with Crippen molar-refractivity contribution in [1.82, 2.24) is 5.32 Å². The maximum Gasteiger partial charge on any atom is 0.0933 e. The summed E-state index contributed by atoms with van der Waals surface area (Å²) in [6, 6.07) is 0. The van der Waals surface area contributed by atoms with Crippen LogP contribution in [0.1, 0.15) is 34.6 Å².